The van der Waals surface area contributed by atoms with Crippen molar-refractivity contribution in [1.82, 2.24) is 0 Å². The van der Waals surface area contributed by atoms with Gasteiger partial charge in [0, 0.05) is 4.43 Å². The van der Waals surface area contributed by atoms with Gasteiger partial charge in [0.25, 0.3) is 0 Å². The maximum Gasteiger partial charge on any atom is 0.0185 e. The maximum atomic E-state index is 3.86. The number of hydrogen-bond acceptors (Lipinski definition) is 0. The Morgan fingerprint density at radius 2 is 1.35 bits per heavy atom. The quantitative estimate of drug-likeness (QED) is 0.355. The minimum absolute atomic E-state index is 0.976. The molecule has 0 aliphatic heterocycles. The highest BCUT2D eigenvalue weighted by molar-refractivity contribution is 14.1. The van der Waals surface area contributed by atoms with Crippen molar-refractivity contribution in [3.63, 3.8) is 0 Å². The lowest BCUT2D eigenvalue weighted by atomic mass is 9.92. The van der Waals surface area contributed by atoms with Crippen molar-refractivity contribution in [1.29, 1.82) is 0 Å². The summed E-state index contributed by atoms with van der Waals surface area (Å²) in [6, 6.07) is 21.0. The van der Waals surface area contributed by atoms with Gasteiger partial charge in [0.15, 0.2) is 0 Å². The number of allylic oxidation sites excluding steroid dienone is 5. The molecule has 20 heavy (non-hydrogen) atoms. The van der Waals surface area contributed by atoms with Gasteiger partial charge in [0.05, 0.1) is 0 Å². The summed E-state index contributed by atoms with van der Waals surface area (Å²) < 4.78 is 0.976. The van der Waals surface area contributed by atoms with Crippen molar-refractivity contribution in [2.24, 2.45) is 0 Å². The SMILES string of the molecule is C=C/C=C(\C(=C/CI)c1ccccc1)c1ccccc1. The van der Waals surface area contributed by atoms with Gasteiger partial charge in [-0.3, -0.25) is 0 Å². The highest BCUT2D eigenvalue weighted by Crippen LogP contribution is 2.31. The molecule has 0 atom stereocenters. The standard InChI is InChI=1S/C19H17I/c1-2-9-18(16-10-5-3-6-11-16)19(14-15-20)17-12-7-4-8-13-17/h2-14H,1,15H2/b18-9-,19-14-. The Bertz CT molecular complexity index is 607. The fourth-order valence-corrected chi connectivity index (χ4v) is 2.60. The first-order valence-electron chi connectivity index (χ1n) is 6.57. The Morgan fingerprint density at radius 1 is 0.850 bits per heavy atom. The fraction of sp³-hybridized carbons (Fsp3) is 0.0526. The number of benzene rings is 2. The van der Waals surface area contributed by atoms with E-state index < -0.39 is 0 Å². The van der Waals surface area contributed by atoms with E-state index in [0.717, 1.165) is 4.43 Å². The topological polar surface area (TPSA) is 0 Å². The van der Waals surface area contributed by atoms with Gasteiger partial charge in [-0.15, -0.1) is 0 Å². The Balaban J connectivity index is 2.54. The first kappa shape index (κ1) is 14.8. The van der Waals surface area contributed by atoms with Gasteiger partial charge in [-0.05, 0) is 22.3 Å². The third-order valence-electron chi connectivity index (χ3n) is 3.03. The van der Waals surface area contributed by atoms with Crippen molar-refractivity contribution in [3.8, 4) is 0 Å². The molecule has 0 aliphatic rings. The number of halogens is 1. The molecule has 0 bridgehead atoms. The summed E-state index contributed by atoms with van der Waals surface area (Å²) >= 11 is 2.38. The van der Waals surface area contributed by atoms with E-state index >= 15 is 0 Å². The lowest BCUT2D eigenvalue weighted by Gasteiger charge is -2.13. The fourth-order valence-electron chi connectivity index (χ4n) is 2.16. The van der Waals surface area contributed by atoms with Crippen LogP contribution in [0.15, 0.2) is 85.5 Å². The molecule has 2 rings (SSSR count). The summed E-state index contributed by atoms with van der Waals surface area (Å²) in [7, 11) is 0. The van der Waals surface area contributed by atoms with Crippen LogP contribution in [0.5, 0.6) is 0 Å². The number of alkyl halides is 1. The van der Waals surface area contributed by atoms with Crippen LogP contribution in [0.25, 0.3) is 11.1 Å². The molecule has 1 heteroatoms. The van der Waals surface area contributed by atoms with E-state index in [-0.39, 0.29) is 0 Å². The zero-order valence-electron chi connectivity index (χ0n) is 11.3. The van der Waals surface area contributed by atoms with Crippen LogP contribution in [0.3, 0.4) is 0 Å². The monoisotopic (exact) mass is 372 g/mol. The average Bonchev–Trinajstić information content (AvgIpc) is 2.52. The molecule has 0 N–H and O–H groups in total. The van der Waals surface area contributed by atoms with Gasteiger partial charge in [-0.25, -0.2) is 0 Å². The van der Waals surface area contributed by atoms with E-state index in [4.69, 9.17) is 0 Å². The van der Waals surface area contributed by atoms with Crippen molar-refractivity contribution in [2.45, 2.75) is 0 Å². The second-order valence-electron chi connectivity index (χ2n) is 4.32. The van der Waals surface area contributed by atoms with Crippen molar-refractivity contribution in [3.05, 3.63) is 96.6 Å². The second kappa shape index (κ2) is 7.85. The molecule has 2 aromatic rings. The Kier molecular flexibility index (Phi) is 5.81. The molecule has 0 amide bonds. The number of rotatable bonds is 5. The molecular formula is C19H17I. The summed E-state index contributed by atoms with van der Waals surface area (Å²) in [5.74, 6) is 0. The molecule has 0 unspecified atom stereocenters. The minimum Gasteiger partial charge on any atom is -0.0990 e. The Morgan fingerprint density at radius 3 is 1.80 bits per heavy atom. The van der Waals surface area contributed by atoms with Crippen LogP contribution in [0.2, 0.25) is 0 Å². The van der Waals surface area contributed by atoms with E-state index in [2.05, 4.69) is 89.9 Å². The van der Waals surface area contributed by atoms with Crippen molar-refractivity contribution >= 4 is 33.7 Å². The molecular weight excluding hydrogens is 355 g/mol. The molecule has 100 valence electrons. The zero-order valence-corrected chi connectivity index (χ0v) is 13.5. The molecule has 0 aromatic heterocycles. The van der Waals surface area contributed by atoms with Crippen LogP contribution >= 0.6 is 22.6 Å². The molecule has 0 fully saturated rings. The highest BCUT2D eigenvalue weighted by Gasteiger charge is 2.09. The van der Waals surface area contributed by atoms with Crippen LogP contribution in [-0.2, 0) is 0 Å². The van der Waals surface area contributed by atoms with Crippen LogP contribution in [0, 0.1) is 0 Å². The van der Waals surface area contributed by atoms with Gasteiger partial charge in [0.2, 0.25) is 0 Å². The van der Waals surface area contributed by atoms with Gasteiger partial charge in [-0.2, -0.15) is 0 Å². The smallest absolute Gasteiger partial charge is 0.0185 e. The summed E-state index contributed by atoms with van der Waals surface area (Å²) in [4.78, 5) is 0. The zero-order chi connectivity index (χ0) is 14.2. The molecule has 0 saturated carbocycles. The minimum atomic E-state index is 0.976. The van der Waals surface area contributed by atoms with Crippen LogP contribution in [0.1, 0.15) is 11.1 Å². The molecule has 0 spiro atoms. The summed E-state index contributed by atoms with van der Waals surface area (Å²) in [6.07, 6.45) is 6.20. The maximum absolute atomic E-state index is 3.86. The third kappa shape index (κ3) is 3.70. The van der Waals surface area contributed by atoms with Crippen molar-refractivity contribution in [2.75, 3.05) is 4.43 Å². The molecule has 0 aliphatic carbocycles. The van der Waals surface area contributed by atoms with E-state index in [1.54, 1.807) is 0 Å². The molecule has 0 saturated heterocycles. The van der Waals surface area contributed by atoms with E-state index in [1.807, 2.05) is 18.2 Å². The first-order valence-corrected chi connectivity index (χ1v) is 8.09. The summed E-state index contributed by atoms with van der Waals surface area (Å²) in [5, 5.41) is 0. The van der Waals surface area contributed by atoms with Gasteiger partial charge in [0.1, 0.15) is 0 Å². The van der Waals surface area contributed by atoms with Crippen molar-refractivity contribution < 1.29 is 0 Å². The first-order chi connectivity index (χ1) is 9.86. The molecule has 0 radical (unpaired) electrons. The Labute approximate surface area is 134 Å². The van der Waals surface area contributed by atoms with Crippen LogP contribution < -0.4 is 0 Å². The third-order valence-corrected chi connectivity index (χ3v) is 3.47. The molecule has 0 heterocycles. The predicted molar refractivity (Wildman–Crippen MR) is 97.9 cm³/mol. The largest absolute Gasteiger partial charge is 0.0990 e. The number of hydrogen-bond donors (Lipinski definition) is 0. The molecule has 0 nitrogen and oxygen atoms in total. The van der Waals surface area contributed by atoms with Crippen LogP contribution in [0.4, 0.5) is 0 Å². The second-order valence-corrected chi connectivity index (χ2v) is 5.20. The van der Waals surface area contributed by atoms with E-state index in [9.17, 15) is 0 Å². The van der Waals surface area contributed by atoms with Gasteiger partial charge >= 0.3 is 0 Å². The summed E-state index contributed by atoms with van der Waals surface area (Å²) in [6.45, 7) is 3.86. The Hall–Kier alpha value is -1.61. The van der Waals surface area contributed by atoms with Gasteiger partial charge in [-0.1, -0.05) is 108 Å². The highest BCUT2D eigenvalue weighted by atomic mass is 127. The van der Waals surface area contributed by atoms with Crippen LogP contribution in [-0.4, -0.2) is 4.43 Å². The van der Waals surface area contributed by atoms with E-state index in [0.29, 0.717) is 0 Å². The lowest BCUT2D eigenvalue weighted by Crippen LogP contribution is -1.91. The summed E-state index contributed by atoms with van der Waals surface area (Å²) in [5.41, 5.74) is 4.92. The van der Waals surface area contributed by atoms with Gasteiger partial charge < -0.3 is 0 Å². The lowest BCUT2D eigenvalue weighted by molar-refractivity contribution is 1.57. The molecule has 2 aromatic carbocycles. The predicted octanol–water partition coefficient (Wildman–Crippen LogP) is 5.77. The average molecular weight is 372 g/mol. The van der Waals surface area contributed by atoms with E-state index in [1.165, 1.54) is 22.3 Å². The normalized spacial score (nSPS) is 12.2.